The van der Waals surface area contributed by atoms with Gasteiger partial charge in [0.1, 0.15) is 6.10 Å². The molecule has 1 aromatic carbocycles. The lowest BCUT2D eigenvalue weighted by Gasteiger charge is -2.20. The Bertz CT molecular complexity index is 602. The smallest absolute Gasteiger partial charge is 0.320 e. The number of rotatable bonds is 10. The van der Waals surface area contributed by atoms with E-state index in [1.54, 1.807) is 12.1 Å². The van der Waals surface area contributed by atoms with E-state index < -0.39 is 47.9 Å². The van der Waals surface area contributed by atoms with Crippen LogP contribution in [0.25, 0.3) is 0 Å². The van der Waals surface area contributed by atoms with Gasteiger partial charge in [0.15, 0.2) is 17.0 Å². The van der Waals surface area contributed by atoms with Crippen LogP contribution in [0.1, 0.15) is 25.8 Å². The van der Waals surface area contributed by atoms with Gasteiger partial charge >= 0.3 is 11.9 Å². The molecule has 0 fully saturated rings. The van der Waals surface area contributed by atoms with Crippen LogP contribution in [0.5, 0.6) is 0 Å². The fraction of sp³-hybridized carbons (Fsp3) is 0.529. The lowest BCUT2D eigenvalue weighted by Crippen LogP contribution is -2.35. The lowest BCUT2D eigenvalue weighted by atomic mass is 10.0. The number of hydrogen-bond acceptors (Lipinski definition) is 6. The quantitative estimate of drug-likeness (QED) is 0.450. The highest BCUT2D eigenvalue weighted by Crippen LogP contribution is 2.22. The first-order valence-electron chi connectivity index (χ1n) is 8.07. The number of ether oxygens (including phenoxy) is 2. The van der Waals surface area contributed by atoms with E-state index in [0.29, 0.717) is 0 Å². The first-order valence-corrected chi connectivity index (χ1v) is 9.14. The summed E-state index contributed by atoms with van der Waals surface area (Å²) in [6.45, 7) is 4.81. The van der Waals surface area contributed by atoms with Gasteiger partial charge in [0, 0.05) is 6.42 Å². The maximum atomic E-state index is 13.3. The molecule has 0 heterocycles. The summed E-state index contributed by atoms with van der Waals surface area (Å²) in [7, 11) is 0. The molecule has 0 saturated carbocycles. The van der Waals surface area contributed by atoms with Gasteiger partial charge in [0.2, 0.25) is 0 Å². The van der Waals surface area contributed by atoms with Gasteiger partial charge in [0.05, 0.1) is 18.1 Å². The van der Waals surface area contributed by atoms with Crippen molar-refractivity contribution in [1.82, 2.24) is 0 Å². The van der Waals surface area contributed by atoms with Crippen molar-refractivity contribution in [3.8, 4) is 0 Å². The maximum Gasteiger partial charge on any atom is 0.320 e. The standard InChI is InChI=1S/C17H22F2O6S/c1-4-23-16(20)13(17(21)24-5-2)10-14(15(18)19)25-26(22)12-8-6-11(3)7-9-12/h6-9,13-15H,4-5,10H2,1-3H3. The third kappa shape index (κ3) is 6.80. The molecule has 6 nitrogen and oxygen atoms in total. The zero-order valence-electron chi connectivity index (χ0n) is 14.8. The Morgan fingerprint density at radius 2 is 1.54 bits per heavy atom. The Hall–Kier alpha value is -1.87. The minimum atomic E-state index is -3.06. The third-order valence-electron chi connectivity index (χ3n) is 3.32. The van der Waals surface area contributed by atoms with Gasteiger partial charge in [-0.15, -0.1) is 0 Å². The topological polar surface area (TPSA) is 78.9 Å². The fourth-order valence-corrected chi connectivity index (χ4v) is 2.86. The van der Waals surface area contributed by atoms with Crippen molar-refractivity contribution in [2.45, 2.75) is 44.6 Å². The summed E-state index contributed by atoms with van der Waals surface area (Å²) in [4.78, 5) is 24.0. The molecule has 2 atom stereocenters. The van der Waals surface area contributed by atoms with Crippen LogP contribution in [0.4, 0.5) is 8.78 Å². The average Bonchev–Trinajstić information content (AvgIpc) is 2.58. The molecule has 0 aliphatic rings. The zero-order chi connectivity index (χ0) is 19.7. The maximum absolute atomic E-state index is 13.3. The van der Waals surface area contributed by atoms with Crippen molar-refractivity contribution in [2.24, 2.45) is 5.92 Å². The number of carbonyl (C=O) groups is 2. The van der Waals surface area contributed by atoms with Crippen molar-refractivity contribution < 1.29 is 36.2 Å². The Kier molecular flexibility index (Phi) is 9.36. The zero-order valence-corrected chi connectivity index (χ0v) is 15.6. The van der Waals surface area contributed by atoms with Crippen LogP contribution in [-0.4, -0.2) is 41.9 Å². The number of carbonyl (C=O) groups excluding carboxylic acids is 2. The molecular formula is C17H22F2O6S. The second-order valence-electron chi connectivity index (χ2n) is 5.31. The summed E-state index contributed by atoms with van der Waals surface area (Å²) in [5.74, 6) is -3.55. The lowest BCUT2D eigenvalue weighted by molar-refractivity contribution is -0.163. The van der Waals surface area contributed by atoms with Crippen LogP contribution in [0.2, 0.25) is 0 Å². The van der Waals surface area contributed by atoms with Crippen LogP contribution >= 0.6 is 0 Å². The summed E-state index contributed by atoms with van der Waals surface area (Å²) in [6.07, 6.45) is -5.67. The second-order valence-corrected chi connectivity index (χ2v) is 6.44. The van der Waals surface area contributed by atoms with Crippen molar-refractivity contribution in [2.75, 3.05) is 13.2 Å². The van der Waals surface area contributed by atoms with Crippen molar-refractivity contribution in [3.05, 3.63) is 29.8 Å². The molecule has 0 spiro atoms. The number of benzene rings is 1. The first-order chi connectivity index (χ1) is 12.3. The summed E-state index contributed by atoms with van der Waals surface area (Å²) in [5.41, 5.74) is 0.904. The van der Waals surface area contributed by atoms with Crippen LogP contribution < -0.4 is 0 Å². The highest BCUT2D eigenvalue weighted by Gasteiger charge is 2.37. The molecule has 0 N–H and O–H groups in total. The van der Waals surface area contributed by atoms with Crippen molar-refractivity contribution in [3.63, 3.8) is 0 Å². The Morgan fingerprint density at radius 1 is 1.04 bits per heavy atom. The average molecular weight is 392 g/mol. The van der Waals surface area contributed by atoms with Crippen molar-refractivity contribution >= 4 is 23.0 Å². The van der Waals surface area contributed by atoms with Gasteiger partial charge in [-0.05, 0) is 32.9 Å². The number of halogens is 2. The highest BCUT2D eigenvalue weighted by atomic mass is 32.2. The summed E-state index contributed by atoms with van der Waals surface area (Å²) in [5, 5.41) is 0. The van der Waals surface area contributed by atoms with E-state index in [0.717, 1.165) is 5.56 Å². The summed E-state index contributed by atoms with van der Waals surface area (Å²) < 4.78 is 53.2. The van der Waals surface area contributed by atoms with Crippen molar-refractivity contribution in [1.29, 1.82) is 0 Å². The van der Waals surface area contributed by atoms with E-state index in [-0.39, 0.29) is 18.1 Å². The van der Waals surface area contributed by atoms with E-state index in [4.69, 9.17) is 13.7 Å². The van der Waals surface area contributed by atoms with Gasteiger partial charge in [-0.2, -0.15) is 0 Å². The van der Waals surface area contributed by atoms with E-state index in [9.17, 15) is 22.6 Å². The van der Waals surface area contributed by atoms with Crippen LogP contribution in [0, 0.1) is 12.8 Å². The van der Waals surface area contributed by atoms with Gasteiger partial charge in [-0.3, -0.25) is 13.8 Å². The SMILES string of the molecule is CCOC(=O)C(CC(OS(=O)c1ccc(C)cc1)C(F)F)C(=O)OCC. The molecule has 1 aromatic rings. The highest BCUT2D eigenvalue weighted by molar-refractivity contribution is 7.80. The number of hydrogen-bond donors (Lipinski definition) is 0. The number of esters is 2. The first kappa shape index (κ1) is 22.2. The van der Waals surface area contributed by atoms with Crippen LogP contribution in [-0.2, 0) is 34.3 Å². The molecule has 0 saturated heterocycles. The molecule has 1 rings (SSSR count). The Balaban J connectivity index is 2.91. The normalized spacial score (nSPS) is 13.5. The molecule has 0 aliphatic carbocycles. The third-order valence-corrected chi connectivity index (χ3v) is 4.39. The van der Waals surface area contributed by atoms with Gasteiger partial charge < -0.3 is 9.47 Å². The fourth-order valence-electron chi connectivity index (χ4n) is 2.01. The molecule has 26 heavy (non-hydrogen) atoms. The second kappa shape index (κ2) is 11.0. The minimum absolute atomic E-state index is 0.0236. The van der Waals surface area contributed by atoms with E-state index in [1.807, 2.05) is 6.92 Å². The molecule has 2 unspecified atom stereocenters. The van der Waals surface area contributed by atoms with Crippen LogP contribution in [0.15, 0.2) is 29.2 Å². The van der Waals surface area contributed by atoms with E-state index in [2.05, 4.69) is 0 Å². The summed E-state index contributed by atoms with van der Waals surface area (Å²) >= 11 is -2.18. The number of alkyl halides is 2. The molecule has 0 aromatic heterocycles. The minimum Gasteiger partial charge on any atom is -0.465 e. The monoisotopic (exact) mass is 392 g/mol. The summed E-state index contributed by atoms with van der Waals surface area (Å²) in [6, 6.07) is 6.30. The molecule has 9 heteroatoms. The van der Waals surface area contributed by atoms with E-state index >= 15 is 0 Å². The molecule has 0 bridgehead atoms. The Morgan fingerprint density at radius 3 is 1.96 bits per heavy atom. The largest absolute Gasteiger partial charge is 0.465 e. The van der Waals surface area contributed by atoms with Gasteiger partial charge in [0.25, 0.3) is 6.43 Å². The molecular weight excluding hydrogens is 370 g/mol. The number of aryl methyl sites for hydroxylation is 1. The van der Waals surface area contributed by atoms with Crippen LogP contribution in [0.3, 0.4) is 0 Å². The molecule has 0 amide bonds. The predicted molar refractivity (Wildman–Crippen MR) is 89.8 cm³/mol. The predicted octanol–water partition coefficient (Wildman–Crippen LogP) is 2.80. The Labute approximate surface area is 153 Å². The molecule has 0 radical (unpaired) electrons. The van der Waals surface area contributed by atoms with Gasteiger partial charge in [-0.1, -0.05) is 17.7 Å². The van der Waals surface area contributed by atoms with E-state index in [1.165, 1.54) is 26.0 Å². The molecule has 146 valence electrons. The molecule has 0 aliphatic heterocycles. The van der Waals surface area contributed by atoms with Gasteiger partial charge in [-0.25, -0.2) is 13.0 Å².